The number of fused-ring (bicyclic) bond motifs is 1. The highest BCUT2D eigenvalue weighted by Gasteiger charge is 2.36. The van der Waals surface area contributed by atoms with Crippen LogP contribution in [0.2, 0.25) is 0 Å². The highest BCUT2D eigenvalue weighted by Crippen LogP contribution is 2.33. The lowest BCUT2D eigenvalue weighted by atomic mass is 9.94. The van der Waals surface area contributed by atoms with Gasteiger partial charge in [-0.2, -0.15) is 0 Å². The van der Waals surface area contributed by atoms with Crippen molar-refractivity contribution in [1.29, 1.82) is 0 Å². The number of aromatic nitrogens is 1. The molecule has 35 heavy (non-hydrogen) atoms. The normalized spacial score (nSPS) is 15.1. The van der Waals surface area contributed by atoms with E-state index in [2.05, 4.69) is 10.3 Å². The Morgan fingerprint density at radius 2 is 1.80 bits per heavy atom. The maximum atomic E-state index is 14.1. The molecule has 0 saturated heterocycles. The van der Waals surface area contributed by atoms with E-state index in [0.29, 0.717) is 16.9 Å². The number of nitrogens with zero attached hydrogens (tertiary/aromatic N) is 1. The second-order valence-electron chi connectivity index (χ2n) is 9.14. The van der Waals surface area contributed by atoms with Crippen LogP contribution in [0.3, 0.4) is 0 Å². The summed E-state index contributed by atoms with van der Waals surface area (Å²) in [6, 6.07) is 16.3. The smallest absolute Gasteiger partial charge is 0.275 e. The van der Waals surface area contributed by atoms with Gasteiger partial charge in [0.2, 0.25) is 5.91 Å². The Labute approximate surface area is 208 Å². The van der Waals surface area contributed by atoms with Crippen molar-refractivity contribution in [2.24, 2.45) is 0 Å². The number of halogens is 1. The third-order valence-electron chi connectivity index (χ3n) is 6.71. The van der Waals surface area contributed by atoms with Gasteiger partial charge < -0.3 is 10.3 Å². The summed E-state index contributed by atoms with van der Waals surface area (Å²) in [6.45, 7) is 1.92. The predicted octanol–water partition coefficient (Wildman–Crippen LogP) is 6.51. The van der Waals surface area contributed by atoms with Gasteiger partial charge in [-0.05, 0) is 66.6 Å². The summed E-state index contributed by atoms with van der Waals surface area (Å²) >= 11 is 1.55. The van der Waals surface area contributed by atoms with E-state index in [1.807, 2.05) is 48.7 Å². The summed E-state index contributed by atoms with van der Waals surface area (Å²) in [4.78, 5) is 32.7. The van der Waals surface area contributed by atoms with Gasteiger partial charge in [-0.1, -0.05) is 49.6 Å². The van der Waals surface area contributed by atoms with Gasteiger partial charge in [-0.3, -0.25) is 14.5 Å². The zero-order chi connectivity index (χ0) is 24.4. The van der Waals surface area contributed by atoms with Gasteiger partial charge in [-0.15, -0.1) is 11.3 Å². The van der Waals surface area contributed by atoms with Gasteiger partial charge in [0, 0.05) is 11.7 Å². The number of anilines is 1. The minimum absolute atomic E-state index is 0.0730. The number of carbonyl (C=O) groups excluding carboxylic acids is 2. The second-order valence-corrected chi connectivity index (χ2v) is 10.1. The molecule has 5 rings (SSSR count). The van der Waals surface area contributed by atoms with E-state index >= 15 is 0 Å². The van der Waals surface area contributed by atoms with Crippen LogP contribution in [0.4, 0.5) is 10.1 Å². The standard InChI is InChI=1S/C28H28FN3O2S/c1-18-7-5-6-10-24(18)32(28(34)23-17-25-22(31-23)15-16-35-25)26(19-11-13-20(29)14-12-19)27(33)30-21-8-3-2-4-9-21/h5-7,10-17,21,26,31H,2-4,8-9H2,1H3,(H,30,33)/t26-/m1/s1. The van der Waals surface area contributed by atoms with Crippen LogP contribution < -0.4 is 10.2 Å². The number of para-hydroxylation sites is 1. The molecular formula is C28H28FN3O2S. The van der Waals surface area contributed by atoms with Crippen molar-refractivity contribution in [1.82, 2.24) is 10.3 Å². The fourth-order valence-electron chi connectivity index (χ4n) is 4.88. The summed E-state index contributed by atoms with van der Waals surface area (Å²) < 4.78 is 14.8. The Morgan fingerprint density at radius 3 is 2.51 bits per heavy atom. The van der Waals surface area contributed by atoms with E-state index in [0.717, 1.165) is 41.5 Å². The minimum atomic E-state index is -0.951. The largest absolute Gasteiger partial charge is 0.351 e. The fourth-order valence-corrected chi connectivity index (χ4v) is 5.67. The number of H-pyrrole nitrogens is 1. The second kappa shape index (κ2) is 10.0. The number of amides is 2. The van der Waals surface area contributed by atoms with Crippen molar-refractivity contribution >= 4 is 39.1 Å². The molecular weight excluding hydrogens is 461 g/mol. The van der Waals surface area contributed by atoms with Crippen LogP contribution in [0.5, 0.6) is 0 Å². The van der Waals surface area contributed by atoms with Gasteiger partial charge in [0.15, 0.2) is 0 Å². The Bertz CT molecular complexity index is 1310. The lowest BCUT2D eigenvalue weighted by Gasteiger charge is -2.34. The van der Waals surface area contributed by atoms with E-state index in [4.69, 9.17) is 0 Å². The van der Waals surface area contributed by atoms with Gasteiger partial charge in [0.1, 0.15) is 17.6 Å². The third-order valence-corrected chi connectivity index (χ3v) is 7.57. The number of nitrogens with one attached hydrogen (secondary N) is 2. The number of aromatic amines is 1. The van der Waals surface area contributed by atoms with Crippen molar-refractivity contribution in [2.75, 3.05) is 4.90 Å². The number of rotatable bonds is 6. The molecule has 7 heteroatoms. The number of thiophene rings is 1. The minimum Gasteiger partial charge on any atom is -0.351 e. The van der Waals surface area contributed by atoms with Crippen LogP contribution in [0, 0.1) is 12.7 Å². The topological polar surface area (TPSA) is 65.2 Å². The Morgan fingerprint density at radius 1 is 1.06 bits per heavy atom. The average molecular weight is 490 g/mol. The summed E-state index contributed by atoms with van der Waals surface area (Å²) in [7, 11) is 0. The molecule has 1 saturated carbocycles. The van der Waals surface area contributed by atoms with Gasteiger partial charge in [0.05, 0.1) is 10.2 Å². The first-order valence-corrected chi connectivity index (χ1v) is 12.9. The molecule has 2 amide bonds. The molecule has 1 aliphatic carbocycles. The number of hydrogen-bond acceptors (Lipinski definition) is 3. The molecule has 2 aromatic heterocycles. The summed E-state index contributed by atoms with van der Waals surface area (Å²) in [5, 5.41) is 5.16. The molecule has 2 aromatic carbocycles. The summed E-state index contributed by atoms with van der Waals surface area (Å²) in [5.41, 5.74) is 3.36. The maximum absolute atomic E-state index is 14.1. The number of carbonyl (C=O) groups is 2. The van der Waals surface area contributed by atoms with Crippen molar-refractivity contribution < 1.29 is 14.0 Å². The van der Waals surface area contributed by atoms with Gasteiger partial charge in [0.25, 0.3) is 5.91 Å². The first kappa shape index (κ1) is 23.3. The lowest BCUT2D eigenvalue weighted by Crippen LogP contribution is -2.47. The first-order chi connectivity index (χ1) is 17.0. The highest BCUT2D eigenvalue weighted by molar-refractivity contribution is 7.17. The van der Waals surface area contributed by atoms with Crippen LogP contribution >= 0.6 is 11.3 Å². The molecule has 0 spiro atoms. The van der Waals surface area contributed by atoms with E-state index in [9.17, 15) is 14.0 Å². The van der Waals surface area contributed by atoms with Crippen molar-refractivity contribution in [3.05, 3.63) is 88.7 Å². The zero-order valence-corrected chi connectivity index (χ0v) is 20.4. The zero-order valence-electron chi connectivity index (χ0n) is 19.6. The fraction of sp³-hybridized carbons (Fsp3) is 0.286. The SMILES string of the molecule is Cc1ccccc1N(C(=O)c1cc2sccc2[nH]1)[C@@H](C(=O)NC1CCCCC1)c1ccc(F)cc1. The first-order valence-electron chi connectivity index (χ1n) is 12.0. The number of hydrogen-bond donors (Lipinski definition) is 2. The predicted molar refractivity (Wildman–Crippen MR) is 138 cm³/mol. The molecule has 4 aromatic rings. The van der Waals surface area contributed by atoms with E-state index < -0.39 is 11.9 Å². The number of aryl methyl sites for hydroxylation is 1. The van der Waals surface area contributed by atoms with Crippen molar-refractivity contribution in [3.8, 4) is 0 Å². The molecule has 2 heterocycles. The monoisotopic (exact) mass is 489 g/mol. The van der Waals surface area contributed by atoms with E-state index in [1.165, 1.54) is 18.6 Å². The van der Waals surface area contributed by atoms with Crippen LogP contribution in [0.1, 0.15) is 59.8 Å². The molecule has 0 bridgehead atoms. The van der Waals surface area contributed by atoms with Crippen LogP contribution in [0.15, 0.2) is 66.0 Å². The molecule has 180 valence electrons. The molecule has 5 nitrogen and oxygen atoms in total. The van der Waals surface area contributed by atoms with Crippen LogP contribution in [-0.2, 0) is 4.79 Å². The van der Waals surface area contributed by atoms with Gasteiger partial charge in [-0.25, -0.2) is 4.39 Å². The van der Waals surface area contributed by atoms with Gasteiger partial charge >= 0.3 is 0 Å². The van der Waals surface area contributed by atoms with Crippen LogP contribution in [-0.4, -0.2) is 22.8 Å². The molecule has 0 aliphatic heterocycles. The number of benzene rings is 2. The highest BCUT2D eigenvalue weighted by atomic mass is 32.1. The Kier molecular flexibility index (Phi) is 6.68. The molecule has 0 unspecified atom stereocenters. The molecule has 2 N–H and O–H groups in total. The summed E-state index contributed by atoms with van der Waals surface area (Å²) in [6.07, 6.45) is 5.17. The van der Waals surface area contributed by atoms with Crippen molar-refractivity contribution in [2.45, 2.75) is 51.1 Å². The Balaban J connectivity index is 1.61. The van der Waals surface area contributed by atoms with Crippen molar-refractivity contribution in [3.63, 3.8) is 0 Å². The summed E-state index contributed by atoms with van der Waals surface area (Å²) in [5.74, 6) is -0.956. The van der Waals surface area contributed by atoms with E-state index in [-0.39, 0.29) is 17.9 Å². The lowest BCUT2D eigenvalue weighted by molar-refractivity contribution is -0.123. The van der Waals surface area contributed by atoms with E-state index in [1.54, 1.807) is 28.4 Å². The molecule has 1 aliphatic rings. The quantitative estimate of drug-likeness (QED) is 0.324. The average Bonchev–Trinajstić information content (AvgIpc) is 3.47. The maximum Gasteiger partial charge on any atom is 0.275 e. The third kappa shape index (κ3) is 4.86. The molecule has 0 radical (unpaired) electrons. The molecule has 1 fully saturated rings. The Hall–Kier alpha value is -3.45. The molecule has 1 atom stereocenters. The van der Waals surface area contributed by atoms with Crippen LogP contribution in [0.25, 0.3) is 10.2 Å².